The smallest absolute Gasteiger partial charge is 0.275 e. The minimum absolute atomic E-state index is 0.0258. The number of carbonyl (C=O) groups excluding carboxylic acids is 2. The summed E-state index contributed by atoms with van der Waals surface area (Å²) in [7, 11) is 0. The maximum absolute atomic E-state index is 12.7. The van der Waals surface area contributed by atoms with E-state index in [9.17, 15) is 14.7 Å². The maximum Gasteiger partial charge on any atom is 0.275 e. The monoisotopic (exact) mass is 408 g/mol. The van der Waals surface area contributed by atoms with E-state index in [2.05, 4.69) is 10.5 Å². The summed E-state index contributed by atoms with van der Waals surface area (Å²) in [6.07, 6.45) is 0.0258. The topological polar surface area (TPSA) is 78.8 Å². The summed E-state index contributed by atoms with van der Waals surface area (Å²) in [5.41, 5.74) is 4.35. The Kier molecular flexibility index (Phi) is 5.85. The summed E-state index contributed by atoms with van der Waals surface area (Å²) in [6.45, 7) is 0. The van der Waals surface area contributed by atoms with Crippen molar-refractivity contribution in [2.45, 2.75) is 6.42 Å². The first-order valence-electron chi connectivity index (χ1n) is 9.84. The second-order valence-corrected chi connectivity index (χ2v) is 7.05. The number of phenolic OH excluding ortho intramolecular Hbond substituents is 1. The first-order valence-corrected chi connectivity index (χ1v) is 9.84. The van der Waals surface area contributed by atoms with E-state index >= 15 is 0 Å². The third-order valence-electron chi connectivity index (χ3n) is 4.93. The number of phenols is 1. The van der Waals surface area contributed by atoms with Crippen molar-refractivity contribution in [2.75, 3.05) is 0 Å². The van der Waals surface area contributed by atoms with Gasteiger partial charge >= 0.3 is 0 Å². The summed E-state index contributed by atoms with van der Waals surface area (Å²) in [5, 5.41) is 16.2. The molecule has 0 aliphatic heterocycles. The molecule has 0 saturated heterocycles. The van der Waals surface area contributed by atoms with E-state index in [1.165, 1.54) is 0 Å². The Morgan fingerprint density at radius 1 is 0.742 bits per heavy atom. The lowest BCUT2D eigenvalue weighted by Crippen LogP contribution is -2.21. The molecule has 152 valence electrons. The molecule has 0 radical (unpaired) electrons. The molecule has 31 heavy (non-hydrogen) atoms. The number of nitrogens with zero attached hydrogens (tertiary/aromatic N) is 1. The maximum atomic E-state index is 12.7. The average molecular weight is 408 g/mol. The fourth-order valence-electron chi connectivity index (χ4n) is 3.30. The molecule has 0 fully saturated rings. The number of ketones is 1. The molecule has 4 rings (SSSR count). The standard InChI is InChI=1S/C26H20N2O3/c29-24(19-11-5-2-6-12-19)17-23(18-9-3-1-4-10-18)27-28-26(31)22-15-20-13-7-8-14-21(20)16-25(22)30/h1-16,30H,17H2,(H,28,31). The summed E-state index contributed by atoms with van der Waals surface area (Å²) in [5.74, 6) is -0.789. The lowest BCUT2D eigenvalue weighted by molar-refractivity contribution is 0.0948. The van der Waals surface area contributed by atoms with Crippen molar-refractivity contribution in [3.05, 3.63) is 114 Å². The number of hydrogen-bond acceptors (Lipinski definition) is 4. The molecule has 0 aromatic heterocycles. The first kappa shape index (κ1) is 20.0. The number of Topliss-reactive ketones (excluding diaryl/α,β-unsaturated/α-hetero) is 1. The molecule has 0 heterocycles. The SMILES string of the molecule is O=C(CC(=NNC(=O)c1cc2ccccc2cc1O)c1ccccc1)c1ccccc1. The van der Waals surface area contributed by atoms with E-state index in [0.717, 1.165) is 16.3 Å². The third-order valence-corrected chi connectivity index (χ3v) is 4.93. The van der Waals surface area contributed by atoms with Crippen LogP contribution in [0.2, 0.25) is 0 Å². The first-order chi connectivity index (χ1) is 15.1. The number of carbonyl (C=O) groups is 2. The average Bonchev–Trinajstić information content (AvgIpc) is 2.82. The number of nitrogens with one attached hydrogen (secondary N) is 1. The van der Waals surface area contributed by atoms with E-state index in [-0.39, 0.29) is 23.5 Å². The van der Waals surface area contributed by atoms with Gasteiger partial charge in [0.25, 0.3) is 5.91 Å². The highest BCUT2D eigenvalue weighted by Crippen LogP contribution is 2.25. The lowest BCUT2D eigenvalue weighted by Gasteiger charge is -2.09. The van der Waals surface area contributed by atoms with Crippen molar-refractivity contribution in [3.63, 3.8) is 0 Å². The van der Waals surface area contributed by atoms with Crippen LogP contribution < -0.4 is 5.43 Å². The molecule has 0 atom stereocenters. The van der Waals surface area contributed by atoms with Gasteiger partial charge in [-0.3, -0.25) is 9.59 Å². The van der Waals surface area contributed by atoms with Gasteiger partial charge in [-0.25, -0.2) is 5.43 Å². The van der Waals surface area contributed by atoms with Crippen LogP contribution in [0.4, 0.5) is 0 Å². The van der Waals surface area contributed by atoms with Gasteiger partial charge in [0.15, 0.2) is 5.78 Å². The van der Waals surface area contributed by atoms with Gasteiger partial charge in [-0.2, -0.15) is 5.10 Å². The van der Waals surface area contributed by atoms with Gasteiger partial charge in [0.1, 0.15) is 5.75 Å². The molecular formula is C26H20N2O3. The lowest BCUT2D eigenvalue weighted by atomic mass is 10.0. The molecule has 0 bridgehead atoms. The van der Waals surface area contributed by atoms with Crippen LogP contribution >= 0.6 is 0 Å². The van der Waals surface area contributed by atoms with Crippen molar-refractivity contribution in [3.8, 4) is 5.75 Å². The summed E-state index contributed by atoms with van der Waals surface area (Å²) >= 11 is 0. The highest BCUT2D eigenvalue weighted by Gasteiger charge is 2.15. The Hall–Kier alpha value is -4.25. The second kappa shape index (κ2) is 9.05. The number of hydrazone groups is 1. The van der Waals surface area contributed by atoms with Crippen molar-refractivity contribution in [1.82, 2.24) is 5.43 Å². The minimum Gasteiger partial charge on any atom is -0.507 e. The number of fused-ring (bicyclic) bond motifs is 1. The van der Waals surface area contributed by atoms with Gasteiger partial charge in [0.2, 0.25) is 0 Å². The molecule has 0 unspecified atom stereocenters. The fourth-order valence-corrected chi connectivity index (χ4v) is 3.30. The molecule has 5 nitrogen and oxygen atoms in total. The van der Waals surface area contributed by atoms with Crippen LogP contribution in [0.5, 0.6) is 5.75 Å². The molecule has 1 amide bonds. The van der Waals surface area contributed by atoms with Crippen molar-refractivity contribution < 1.29 is 14.7 Å². The highest BCUT2D eigenvalue weighted by molar-refractivity contribution is 6.16. The minimum atomic E-state index is -0.552. The fraction of sp³-hybridized carbons (Fsp3) is 0.0385. The van der Waals surface area contributed by atoms with E-state index < -0.39 is 5.91 Å². The number of amides is 1. The summed E-state index contributed by atoms with van der Waals surface area (Å²) < 4.78 is 0. The predicted molar refractivity (Wildman–Crippen MR) is 121 cm³/mol. The van der Waals surface area contributed by atoms with E-state index in [1.807, 2.05) is 60.7 Å². The van der Waals surface area contributed by atoms with Crippen LogP contribution in [-0.2, 0) is 0 Å². The van der Waals surface area contributed by atoms with Crippen LogP contribution in [0.25, 0.3) is 10.8 Å². The normalized spacial score (nSPS) is 11.3. The van der Waals surface area contributed by atoms with Gasteiger partial charge in [-0.15, -0.1) is 0 Å². The molecule has 4 aromatic rings. The molecule has 0 saturated carbocycles. The van der Waals surface area contributed by atoms with Gasteiger partial charge in [-0.1, -0.05) is 84.9 Å². The summed E-state index contributed by atoms with van der Waals surface area (Å²) in [6, 6.07) is 28.8. The number of rotatable bonds is 6. The van der Waals surface area contributed by atoms with Crippen molar-refractivity contribution >= 4 is 28.2 Å². The Bertz CT molecular complexity index is 1270. The van der Waals surface area contributed by atoms with Crippen LogP contribution in [0.15, 0.2) is 102 Å². The Labute approximate surface area is 179 Å². The zero-order chi connectivity index (χ0) is 21.6. The number of aromatic hydroxyl groups is 1. The van der Waals surface area contributed by atoms with Gasteiger partial charge in [0, 0.05) is 5.56 Å². The van der Waals surface area contributed by atoms with Crippen LogP contribution in [-0.4, -0.2) is 22.5 Å². The van der Waals surface area contributed by atoms with Crippen LogP contribution in [0.1, 0.15) is 32.7 Å². The van der Waals surface area contributed by atoms with Crippen LogP contribution in [0.3, 0.4) is 0 Å². The van der Waals surface area contributed by atoms with Gasteiger partial charge in [-0.05, 0) is 28.5 Å². The van der Waals surface area contributed by atoms with Crippen molar-refractivity contribution in [1.29, 1.82) is 0 Å². The number of hydrogen-bond donors (Lipinski definition) is 2. The molecule has 0 spiro atoms. The third kappa shape index (κ3) is 4.67. The zero-order valence-electron chi connectivity index (χ0n) is 16.7. The zero-order valence-corrected chi connectivity index (χ0v) is 16.7. The Morgan fingerprint density at radius 2 is 1.29 bits per heavy atom. The van der Waals surface area contributed by atoms with E-state index in [4.69, 9.17) is 0 Å². The van der Waals surface area contributed by atoms with Gasteiger partial charge in [0.05, 0.1) is 17.7 Å². The predicted octanol–water partition coefficient (Wildman–Crippen LogP) is 4.95. The number of benzene rings is 4. The molecule has 0 aliphatic carbocycles. The highest BCUT2D eigenvalue weighted by atomic mass is 16.3. The molecule has 2 N–H and O–H groups in total. The van der Waals surface area contributed by atoms with Crippen molar-refractivity contribution in [2.24, 2.45) is 5.10 Å². The van der Waals surface area contributed by atoms with Crippen LogP contribution in [0, 0.1) is 0 Å². The molecule has 5 heteroatoms. The van der Waals surface area contributed by atoms with E-state index in [1.54, 1.807) is 36.4 Å². The van der Waals surface area contributed by atoms with E-state index in [0.29, 0.717) is 11.3 Å². The van der Waals surface area contributed by atoms with Gasteiger partial charge < -0.3 is 5.11 Å². The quantitative estimate of drug-likeness (QED) is 0.269. The molecular weight excluding hydrogens is 388 g/mol. The Balaban J connectivity index is 1.61. The second-order valence-electron chi connectivity index (χ2n) is 7.05. The Morgan fingerprint density at radius 3 is 1.94 bits per heavy atom. The molecule has 0 aliphatic rings. The largest absolute Gasteiger partial charge is 0.507 e. The summed E-state index contributed by atoms with van der Waals surface area (Å²) in [4.78, 5) is 25.4. The molecule has 4 aromatic carbocycles.